The van der Waals surface area contributed by atoms with Crippen LogP contribution >= 0.6 is 0 Å². The first-order chi connectivity index (χ1) is 13.5. The maximum Gasteiger partial charge on any atom is 0.254 e. The normalized spacial score (nSPS) is 13.6. The molecule has 0 aliphatic carbocycles. The summed E-state index contributed by atoms with van der Waals surface area (Å²) in [6, 6.07) is 7.36. The smallest absolute Gasteiger partial charge is 0.254 e. The molecule has 0 saturated carbocycles. The van der Waals surface area contributed by atoms with E-state index in [4.69, 9.17) is 0 Å². The Labute approximate surface area is 163 Å². The van der Waals surface area contributed by atoms with Gasteiger partial charge in [-0.15, -0.1) is 5.10 Å². The number of nitrogens with zero attached hydrogens (tertiary/aromatic N) is 6. The zero-order valence-electron chi connectivity index (χ0n) is 16.0. The predicted molar refractivity (Wildman–Crippen MR) is 103 cm³/mol. The topological polar surface area (TPSA) is 95.1 Å². The number of benzene rings is 1. The number of carbonyl (C=O) groups excluding carboxylic acids is 2. The zero-order valence-corrected chi connectivity index (χ0v) is 16.0. The van der Waals surface area contributed by atoms with Crippen LogP contribution in [0.4, 0.5) is 0 Å². The molecule has 0 N–H and O–H groups in total. The van der Waals surface area contributed by atoms with Crippen molar-refractivity contribution in [2.24, 2.45) is 0 Å². The van der Waals surface area contributed by atoms with E-state index in [1.165, 1.54) is 4.90 Å². The van der Waals surface area contributed by atoms with Gasteiger partial charge in [0, 0.05) is 39.8 Å². The van der Waals surface area contributed by atoms with Gasteiger partial charge in [0.2, 0.25) is 5.91 Å². The van der Waals surface area contributed by atoms with Crippen molar-refractivity contribution in [1.29, 1.82) is 5.26 Å². The SMILES string of the molecule is CN(C)C(=O)c1ccc(C2=CCCN(C(=O)CCn3ccnn3)C2)cc1C#N. The zero-order chi connectivity index (χ0) is 20.1. The van der Waals surface area contributed by atoms with E-state index in [-0.39, 0.29) is 11.8 Å². The standard InChI is InChI=1S/C20H22N6O2/c1-24(2)20(28)18-6-5-15(12-17(18)13-21)16-4-3-9-25(14-16)19(27)7-10-26-11-8-22-23-26/h4-6,8,11-12H,3,7,9-10,14H2,1-2H3. The number of hydrogen-bond acceptors (Lipinski definition) is 5. The average Bonchev–Trinajstić information content (AvgIpc) is 3.24. The van der Waals surface area contributed by atoms with Crippen molar-refractivity contribution in [3.05, 3.63) is 53.4 Å². The highest BCUT2D eigenvalue weighted by Crippen LogP contribution is 2.24. The van der Waals surface area contributed by atoms with Gasteiger partial charge in [-0.05, 0) is 29.7 Å². The van der Waals surface area contributed by atoms with Crippen LogP contribution in [0.25, 0.3) is 5.57 Å². The molecular formula is C20H22N6O2. The summed E-state index contributed by atoms with van der Waals surface area (Å²) < 4.78 is 1.64. The van der Waals surface area contributed by atoms with Crippen LogP contribution in [-0.2, 0) is 11.3 Å². The molecule has 2 aromatic rings. The van der Waals surface area contributed by atoms with E-state index < -0.39 is 0 Å². The lowest BCUT2D eigenvalue weighted by Crippen LogP contribution is -2.36. The number of carbonyl (C=O) groups is 2. The number of aromatic nitrogens is 3. The summed E-state index contributed by atoms with van der Waals surface area (Å²) >= 11 is 0. The Hall–Kier alpha value is -3.47. The van der Waals surface area contributed by atoms with Crippen LogP contribution in [0.2, 0.25) is 0 Å². The first kappa shape index (κ1) is 19.3. The van der Waals surface area contributed by atoms with Crippen LogP contribution in [0, 0.1) is 11.3 Å². The van der Waals surface area contributed by atoms with E-state index in [9.17, 15) is 14.9 Å². The van der Waals surface area contributed by atoms with E-state index in [0.29, 0.717) is 37.2 Å². The summed E-state index contributed by atoms with van der Waals surface area (Å²) in [5.41, 5.74) is 2.57. The molecule has 0 bridgehead atoms. The first-order valence-corrected chi connectivity index (χ1v) is 9.06. The van der Waals surface area contributed by atoms with Crippen molar-refractivity contribution in [1.82, 2.24) is 24.8 Å². The van der Waals surface area contributed by atoms with E-state index in [0.717, 1.165) is 17.6 Å². The highest BCUT2D eigenvalue weighted by atomic mass is 16.2. The highest BCUT2D eigenvalue weighted by Gasteiger charge is 2.21. The lowest BCUT2D eigenvalue weighted by Gasteiger charge is -2.28. The molecule has 1 aromatic heterocycles. The van der Waals surface area contributed by atoms with Crippen LogP contribution in [0.15, 0.2) is 36.7 Å². The summed E-state index contributed by atoms with van der Waals surface area (Å²) in [4.78, 5) is 28.0. The van der Waals surface area contributed by atoms with Gasteiger partial charge < -0.3 is 9.80 Å². The Balaban J connectivity index is 1.71. The number of rotatable bonds is 5. The summed E-state index contributed by atoms with van der Waals surface area (Å²) in [6.07, 6.45) is 6.52. The summed E-state index contributed by atoms with van der Waals surface area (Å²) in [5.74, 6) is -0.147. The monoisotopic (exact) mass is 378 g/mol. The Morgan fingerprint density at radius 2 is 2.14 bits per heavy atom. The maximum absolute atomic E-state index is 12.5. The average molecular weight is 378 g/mol. The van der Waals surface area contributed by atoms with Crippen molar-refractivity contribution in [2.75, 3.05) is 27.2 Å². The maximum atomic E-state index is 12.5. The lowest BCUT2D eigenvalue weighted by molar-refractivity contribution is -0.131. The Morgan fingerprint density at radius 3 is 2.82 bits per heavy atom. The van der Waals surface area contributed by atoms with E-state index >= 15 is 0 Å². The van der Waals surface area contributed by atoms with Gasteiger partial charge in [0.25, 0.3) is 5.91 Å². The first-order valence-electron chi connectivity index (χ1n) is 9.06. The third-order valence-electron chi connectivity index (χ3n) is 4.68. The molecule has 8 heteroatoms. The van der Waals surface area contributed by atoms with Gasteiger partial charge in [0.1, 0.15) is 0 Å². The summed E-state index contributed by atoms with van der Waals surface area (Å²) in [6.45, 7) is 1.65. The summed E-state index contributed by atoms with van der Waals surface area (Å²) in [5, 5.41) is 17.1. The van der Waals surface area contributed by atoms with Gasteiger partial charge in [0.05, 0.1) is 29.9 Å². The molecular weight excluding hydrogens is 356 g/mol. The largest absolute Gasteiger partial charge is 0.345 e. The Morgan fingerprint density at radius 1 is 1.32 bits per heavy atom. The lowest BCUT2D eigenvalue weighted by atomic mass is 9.96. The third-order valence-corrected chi connectivity index (χ3v) is 4.68. The number of aryl methyl sites for hydroxylation is 1. The van der Waals surface area contributed by atoms with E-state index in [1.54, 1.807) is 43.3 Å². The molecule has 0 radical (unpaired) electrons. The molecule has 2 amide bonds. The predicted octanol–water partition coefficient (Wildman–Crippen LogP) is 1.56. The minimum atomic E-state index is -0.203. The Bertz CT molecular complexity index is 940. The van der Waals surface area contributed by atoms with E-state index in [2.05, 4.69) is 22.5 Å². The van der Waals surface area contributed by atoms with Crippen LogP contribution < -0.4 is 0 Å². The van der Waals surface area contributed by atoms with Crippen LogP contribution in [0.3, 0.4) is 0 Å². The molecule has 0 fully saturated rings. The highest BCUT2D eigenvalue weighted by molar-refractivity contribution is 5.97. The fourth-order valence-electron chi connectivity index (χ4n) is 3.15. The molecule has 2 heterocycles. The van der Waals surface area contributed by atoms with Gasteiger partial charge >= 0.3 is 0 Å². The van der Waals surface area contributed by atoms with Crippen LogP contribution in [0.5, 0.6) is 0 Å². The molecule has 0 spiro atoms. The second-order valence-corrected chi connectivity index (χ2v) is 6.82. The second kappa shape index (κ2) is 8.48. The van der Waals surface area contributed by atoms with Crippen molar-refractivity contribution in [3.63, 3.8) is 0 Å². The molecule has 0 atom stereocenters. The quantitative estimate of drug-likeness (QED) is 0.787. The van der Waals surface area contributed by atoms with Gasteiger partial charge in [-0.3, -0.25) is 14.3 Å². The molecule has 1 aliphatic rings. The molecule has 144 valence electrons. The molecule has 0 unspecified atom stereocenters. The van der Waals surface area contributed by atoms with Crippen LogP contribution in [0.1, 0.15) is 34.3 Å². The number of amides is 2. The minimum Gasteiger partial charge on any atom is -0.345 e. The van der Waals surface area contributed by atoms with Gasteiger partial charge in [-0.1, -0.05) is 17.4 Å². The number of hydrogen-bond donors (Lipinski definition) is 0. The molecule has 28 heavy (non-hydrogen) atoms. The Kier molecular flexibility index (Phi) is 5.84. The fourth-order valence-corrected chi connectivity index (χ4v) is 3.15. The molecule has 1 aromatic carbocycles. The van der Waals surface area contributed by atoms with E-state index in [1.807, 2.05) is 11.0 Å². The molecule has 8 nitrogen and oxygen atoms in total. The third kappa shape index (κ3) is 4.26. The van der Waals surface area contributed by atoms with Crippen molar-refractivity contribution < 1.29 is 9.59 Å². The van der Waals surface area contributed by atoms with Gasteiger partial charge in [0.15, 0.2) is 0 Å². The molecule has 0 saturated heterocycles. The van der Waals surface area contributed by atoms with Gasteiger partial charge in [-0.25, -0.2) is 0 Å². The molecule has 1 aliphatic heterocycles. The van der Waals surface area contributed by atoms with Crippen LogP contribution in [-0.4, -0.2) is 63.8 Å². The fraction of sp³-hybridized carbons (Fsp3) is 0.350. The molecule has 3 rings (SSSR count). The van der Waals surface area contributed by atoms with Crippen molar-refractivity contribution in [2.45, 2.75) is 19.4 Å². The minimum absolute atomic E-state index is 0.0565. The number of nitriles is 1. The summed E-state index contributed by atoms with van der Waals surface area (Å²) in [7, 11) is 3.31. The van der Waals surface area contributed by atoms with Crippen molar-refractivity contribution >= 4 is 17.4 Å². The van der Waals surface area contributed by atoms with Crippen molar-refractivity contribution in [3.8, 4) is 6.07 Å². The van der Waals surface area contributed by atoms with Gasteiger partial charge in [-0.2, -0.15) is 5.26 Å². The second-order valence-electron chi connectivity index (χ2n) is 6.82.